The number of ether oxygens (including phenoxy) is 3. The Morgan fingerprint density at radius 3 is 2.69 bits per heavy atom. The molecule has 2 aromatic carbocycles. The number of benzene rings is 2. The molecule has 3 rings (SSSR count). The molecule has 1 aliphatic rings. The van der Waals surface area contributed by atoms with Gasteiger partial charge in [0.2, 0.25) is 0 Å². The van der Waals surface area contributed by atoms with Crippen molar-refractivity contribution < 1.29 is 23.8 Å². The van der Waals surface area contributed by atoms with Gasteiger partial charge in [-0.1, -0.05) is 17.7 Å². The highest BCUT2D eigenvalue weighted by Gasteiger charge is 2.17. The smallest absolute Gasteiger partial charge is 0.338 e. The molecule has 29 heavy (non-hydrogen) atoms. The number of methoxy groups -OCH3 is 1. The normalized spacial score (nSPS) is 12.4. The molecule has 1 N–H and O–H groups in total. The summed E-state index contributed by atoms with van der Waals surface area (Å²) in [6.45, 7) is 3.55. The second-order valence-corrected chi connectivity index (χ2v) is 6.97. The predicted octanol–water partition coefficient (Wildman–Crippen LogP) is 4.84. The number of carbonyl (C=O) groups excluding carboxylic acids is 2. The lowest BCUT2D eigenvalue weighted by molar-refractivity contribution is -0.112. The van der Waals surface area contributed by atoms with Crippen LogP contribution in [0, 0.1) is 0 Å². The molecule has 0 spiro atoms. The molecule has 1 aliphatic heterocycles. The Kier molecular flexibility index (Phi) is 6.24. The second-order valence-electron chi connectivity index (χ2n) is 6.54. The third-order valence-electron chi connectivity index (χ3n) is 3.97. The molecule has 2 aromatic rings. The first-order valence-corrected chi connectivity index (χ1v) is 9.30. The summed E-state index contributed by atoms with van der Waals surface area (Å²) in [7, 11) is 1.51. The Balaban J connectivity index is 1.84. The number of hydrogen-bond donors (Lipinski definition) is 1. The van der Waals surface area contributed by atoms with E-state index in [0.29, 0.717) is 38.9 Å². The van der Waals surface area contributed by atoms with Crippen molar-refractivity contribution >= 4 is 35.2 Å². The highest BCUT2D eigenvalue weighted by atomic mass is 35.5. The Morgan fingerprint density at radius 2 is 1.97 bits per heavy atom. The van der Waals surface area contributed by atoms with Crippen molar-refractivity contribution in [1.82, 2.24) is 0 Å². The maximum atomic E-state index is 12.8. The zero-order chi connectivity index (χ0) is 21.0. The molecular weight excluding hydrogens is 394 g/mol. The van der Waals surface area contributed by atoms with E-state index in [9.17, 15) is 9.59 Å². The van der Waals surface area contributed by atoms with Gasteiger partial charge in [0.05, 0.1) is 25.0 Å². The van der Waals surface area contributed by atoms with Crippen LogP contribution in [-0.2, 0) is 9.53 Å². The molecule has 1 amide bonds. The van der Waals surface area contributed by atoms with Crippen molar-refractivity contribution in [2.24, 2.45) is 0 Å². The third kappa shape index (κ3) is 4.97. The van der Waals surface area contributed by atoms with E-state index in [1.54, 1.807) is 62.4 Å². The van der Waals surface area contributed by atoms with Crippen LogP contribution in [0.3, 0.4) is 0 Å². The fourth-order valence-electron chi connectivity index (χ4n) is 2.72. The molecule has 0 radical (unpaired) electrons. The number of carbonyl (C=O) groups is 2. The number of rotatable bonds is 5. The van der Waals surface area contributed by atoms with Gasteiger partial charge in [0.25, 0.3) is 5.91 Å². The van der Waals surface area contributed by atoms with Crippen molar-refractivity contribution in [2.75, 3.05) is 12.4 Å². The van der Waals surface area contributed by atoms with E-state index in [-0.39, 0.29) is 12.0 Å². The van der Waals surface area contributed by atoms with Crippen LogP contribution in [0.1, 0.15) is 29.8 Å². The van der Waals surface area contributed by atoms with Crippen molar-refractivity contribution in [1.29, 1.82) is 0 Å². The van der Waals surface area contributed by atoms with Crippen LogP contribution < -0.4 is 14.8 Å². The number of halogens is 1. The maximum Gasteiger partial charge on any atom is 0.338 e. The first-order chi connectivity index (χ1) is 13.9. The molecule has 150 valence electrons. The van der Waals surface area contributed by atoms with Gasteiger partial charge in [-0.3, -0.25) is 4.79 Å². The van der Waals surface area contributed by atoms with Crippen molar-refractivity contribution in [3.8, 4) is 11.5 Å². The zero-order valence-corrected chi connectivity index (χ0v) is 16.9. The molecule has 1 heterocycles. The molecule has 0 saturated heterocycles. The van der Waals surface area contributed by atoms with Gasteiger partial charge in [-0.25, -0.2) is 4.79 Å². The molecule has 0 unspecified atom stereocenters. The van der Waals surface area contributed by atoms with E-state index < -0.39 is 5.97 Å². The first kappa shape index (κ1) is 20.5. The Hall–Kier alpha value is -3.25. The number of nitrogens with one attached hydrogen (secondary N) is 1. The van der Waals surface area contributed by atoms with Gasteiger partial charge in [0.15, 0.2) is 11.5 Å². The van der Waals surface area contributed by atoms with E-state index in [4.69, 9.17) is 25.8 Å². The minimum absolute atomic E-state index is 0.231. The van der Waals surface area contributed by atoms with E-state index in [1.165, 1.54) is 13.4 Å². The van der Waals surface area contributed by atoms with Crippen molar-refractivity contribution in [3.63, 3.8) is 0 Å². The Bertz CT molecular complexity index is 1010. The van der Waals surface area contributed by atoms with Gasteiger partial charge in [-0.05, 0) is 50.3 Å². The molecule has 0 saturated carbocycles. The number of fused-ring (bicyclic) bond motifs is 1. The van der Waals surface area contributed by atoms with Gasteiger partial charge in [-0.15, -0.1) is 0 Å². The molecule has 7 heteroatoms. The largest absolute Gasteiger partial charge is 0.493 e. The van der Waals surface area contributed by atoms with Crippen molar-refractivity contribution in [2.45, 2.75) is 20.0 Å². The van der Waals surface area contributed by atoms with E-state index >= 15 is 0 Å². The van der Waals surface area contributed by atoms with Crippen LogP contribution in [-0.4, -0.2) is 25.1 Å². The van der Waals surface area contributed by atoms with Crippen LogP contribution in [0.15, 0.2) is 54.3 Å². The van der Waals surface area contributed by atoms with Gasteiger partial charge in [0, 0.05) is 27.9 Å². The lowest BCUT2D eigenvalue weighted by Crippen LogP contribution is -2.15. The zero-order valence-electron chi connectivity index (χ0n) is 16.2. The summed E-state index contributed by atoms with van der Waals surface area (Å²) in [5.41, 5.74) is 1.78. The summed E-state index contributed by atoms with van der Waals surface area (Å²) in [6, 6.07) is 9.87. The number of anilines is 1. The van der Waals surface area contributed by atoms with Crippen molar-refractivity contribution in [3.05, 3.63) is 70.5 Å². The average Bonchev–Trinajstić information content (AvgIpc) is 2.89. The molecule has 0 fully saturated rings. The molecule has 6 nitrogen and oxygen atoms in total. The summed E-state index contributed by atoms with van der Waals surface area (Å²) in [5, 5.41) is 3.23. The number of hydrogen-bond acceptors (Lipinski definition) is 5. The molecule has 0 bridgehead atoms. The standard InChI is InChI=1S/C22H20ClNO5/c1-13(2)29-22(26)15-5-4-6-18(11-15)24-21(25)14-7-8-28-20-16(9-14)10-17(23)12-19(20)27-3/h4-13H,1-3H3,(H,24,25). The fourth-order valence-corrected chi connectivity index (χ4v) is 2.93. The van der Waals surface area contributed by atoms with Crippen LogP contribution in [0.5, 0.6) is 11.5 Å². The third-order valence-corrected chi connectivity index (χ3v) is 4.19. The molecule has 0 aliphatic carbocycles. The summed E-state index contributed by atoms with van der Waals surface area (Å²) < 4.78 is 16.1. The van der Waals surface area contributed by atoms with Gasteiger partial charge in [0.1, 0.15) is 0 Å². The van der Waals surface area contributed by atoms with E-state index in [2.05, 4.69) is 5.32 Å². The van der Waals surface area contributed by atoms with E-state index in [1.807, 2.05) is 0 Å². The van der Waals surface area contributed by atoms with Gasteiger partial charge < -0.3 is 19.5 Å². The molecule has 0 atom stereocenters. The predicted molar refractivity (Wildman–Crippen MR) is 111 cm³/mol. The first-order valence-electron chi connectivity index (χ1n) is 8.92. The Labute approximate surface area is 173 Å². The summed E-state index contributed by atoms with van der Waals surface area (Å²) in [6.07, 6.45) is 4.37. The highest BCUT2D eigenvalue weighted by Crippen LogP contribution is 2.37. The Morgan fingerprint density at radius 1 is 1.17 bits per heavy atom. The second kappa shape index (κ2) is 8.84. The van der Waals surface area contributed by atoms with Crippen LogP contribution >= 0.6 is 11.6 Å². The van der Waals surface area contributed by atoms with Crippen LogP contribution in [0.25, 0.3) is 6.08 Å². The number of amides is 1. The quantitative estimate of drug-likeness (QED) is 0.710. The van der Waals surface area contributed by atoms with Gasteiger partial charge >= 0.3 is 5.97 Å². The van der Waals surface area contributed by atoms with E-state index in [0.717, 1.165) is 0 Å². The van der Waals surface area contributed by atoms with Crippen LogP contribution in [0.2, 0.25) is 5.02 Å². The molecular formula is C22H20ClNO5. The summed E-state index contributed by atoms with van der Waals surface area (Å²) in [4.78, 5) is 24.8. The topological polar surface area (TPSA) is 73.9 Å². The van der Waals surface area contributed by atoms with Gasteiger partial charge in [-0.2, -0.15) is 0 Å². The molecule has 0 aromatic heterocycles. The monoisotopic (exact) mass is 413 g/mol. The lowest BCUT2D eigenvalue weighted by atomic mass is 10.1. The maximum absolute atomic E-state index is 12.8. The fraction of sp³-hybridized carbons (Fsp3) is 0.182. The minimum Gasteiger partial charge on any atom is -0.493 e. The SMILES string of the molecule is COc1cc(Cl)cc2c1OC=CC(C(=O)Nc1cccc(C(=O)OC(C)C)c1)=C2. The number of esters is 1. The summed E-state index contributed by atoms with van der Waals surface area (Å²) >= 11 is 6.12. The van der Waals surface area contributed by atoms with Crippen LogP contribution in [0.4, 0.5) is 5.69 Å². The minimum atomic E-state index is -0.450. The lowest BCUT2D eigenvalue weighted by Gasteiger charge is -2.11. The summed E-state index contributed by atoms with van der Waals surface area (Å²) in [5.74, 6) is 0.112. The average molecular weight is 414 g/mol. The highest BCUT2D eigenvalue weighted by molar-refractivity contribution is 6.31.